The quantitative estimate of drug-likeness (QED) is 0.479. The fraction of sp³-hybridized carbons (Fsp3) is 0.833. The van der Waals surface area contributed by atoms with Crippen molar-refractivity contribution in [3.8, 4) is 0 Å². The second-order valence-electron chi connectivity index (χ2n) is 5.36. The van der Waals surface area contributed by atoms with Crippen molar-refractivity contribution >= 4 is 0 Å². The molecule has 2 heterocycles. The van der Waals surface area contributed by atoms with Crippen molar-refractivity contribution in [1.29, 1.82) is 0 Å². The summed E-state index contributed by atoms with van der Waals surface area (Å²) in [6.07, 6.45) is 1.97. The summed E-state index contributed by atoms with van der Waals surface area (Å²) in [5, 5.41) is 13.4. The molecule has 0 aliphatic carbocycles. The predicted octanol–water partition coefficient (Wildman–Crippen LogP) is 1.47. The fourth-order valence-corrected chi connectivity index (χ4v) is 2.74. The van der Waals surface area contributed by atoms with Crippen molar-refractivity contribution < 1.29 is 14.1 Å². The summed E-state index contributed by atoms with van der Waals surface area (Å²) in [7, 11) is 0. The third-order valence-electron chi connectivity index (χ3n) is 3.77. The normalized spacial score (nSPS) is 34.1. The van der Waals surface area contributed by atoms with Crippen LogP contribution in [0.5, 0.6) is 0 Å². The molecule has 0 saturated carbocycles. The highest BCUT2D eigenvalue weighted by Crippen LogP contribution is 2.26. The summed E-state index contributed by atoms with van der Waals surface area (Å²) < 4.78 is 19.1. The molecule has 3 unspecified atom stereocenters. The Morgan fingerprint density at radius 3 is 2.95 bits per heavy atom. The van der Waals surface area contributed by atoms with Gasteiger partial charge in [0.05, 0.1) is 17.6 Å². The van der Waals surface area contributed by atoms with Crippen LogP contribution in [-0.2, 0) is 4.74 Å². The van der Waals surface area contributed by atoms with Gasteiger partial charge in [-0.25, -0.2) is 0 Å². The second kappa shape index (κ2) is 5.73. The van der Waals surface area contributed by atoms with Crippen LogP contribution in [0.2, 0.25) is 0 Å². The molecule has 7 heteroatoms. The summed E-state index contributed by atoms with van der Waals surface area (Å²) in [5.74, 6) is -0.978. The Hall–Kier alpha value is -1.37. The monoisotopic (exact) mass is 273 g/mol. The van der Waals surface area contributed by atoms with Gasteiger partial charge in [-0.15, -0.1) is 4.39 Å². The molecular weight excluding hydrogens is 253 g/mol. The van der Waals surface area contributed by atoms with E-state index in [4.69, 9.17) is 4.74 Å². The van der Waals surface area contributed by atoms with Crippen molar-refractivity contribution in [2.75, 3.05) is 19.7 Å². The standard InChI is InChI=1S/C12H20FN3O3/c1-8-3-4-14-12(11(13)16(17)18)15(8)6-10-5-9(2)19-7-10/h8-10,14H,3-7H2,1-2H3. The molecule has 0 radical (unpaired) electrons. The van der Waals surface area contributed by atoms with E-state index in [1.807, 2.05) is 13.8 Å². The fourth-order valence-electron chi connectivity index (χ4n) is 2.74. The third-order valence-corrected chi connectivity index (χ3v) is 3.77. The smallest absolute Gasteiger partial charge is 0.378 e. The molecular formula is C12H20FN3O3. The summed E-state index contributed by atoms with van der Waals surface area (Å²) in [6, 6.07) is 0.0952. The molecule has 0 aromatic rings. The Bertz CT molecular complexity index is 388. The van der Waals surface area contributed by atoms with E-state index < -0.39 is 10.9 Å². The Balaban J connectivity index is 2.12. The van der Waals surface area contributed by atoms with Crippen LogP contribution < -0.4 is 5.32 Å². The molecule has 19 heavy (non-hydrogen) atoms. The highest BCUT2D eigenvalue weighted by Gasteiger charge is 2.33. The minimum Gasteiger partial charge on any atom is -0.378 e. The maximum atomic E-state index is 13.6. The average molecular weight is 273 g/mol. The van der Waals surface area contributed by atoms with Gasteiger partial charge in [0.2, 0.25) is 5.82 Å². The molecule has 0 spiro atoms. The molecule has 0 amide bonds. The van der Waals surface area contributed by atoms with Gasteiger partial charge in [-0.3, -0.25) is 10.1 Å². The molecule has 2 aliphatic rings. The van der Waals surface area contributed by atoms with Gasteiger partial charge in [0, 0.05) is 25.0 Å². The number of hydrogen-bond donors (Lipinski definition) is 1. The molecule has 2 rings (SSSR count). The molecule has 2 saturated heterocycles. The van der Waals surface area contributed by atoms with Gasteiger partial charge in [-0.05, 0) is 26.7 Å². The zero-order valence-corrected chi connectivity index (χ0v) is 11.3. The Morgan fingerprint density at radius 2 is 2.37 bits per heavy atom. The van der Waals surface area contributed by atoms with Crippen LogP contribution in [-0.4, -0.2) is 41.7 Å². The van der Waals surface area contributed by atoms with E-state index in [0.29, 0.717) is 25.6 Å². The Labute approximate surface area is 111 Å². The number of nitro groups is 1. The highest BCUT2D eigenvalue weighted by molar-refractivity contribution is 5.05. The summed E-state index contributed by atoms with van der Waals surface area (Å²) >= 11 is 0. The van der Waals surface area contributed by atoms with Gasteiger partial charge in [0.25, 0.3) is 0 Å². The van der Waals surface area contributed by atoms with E-state index in [0.717, 1.165) is 12.8 Å². The van der Waals surface area contributed by atoms with Crippen LogP contribution in [0, 0.1) is 16.0 Å². The van der Waals surface area contributed by atoms with E-state index in [1.54, 1.807) is 4.90 Å². The van der Waals surface area contributed by atoms with E-state index in [2.05, 4.69) is 5.32 Å². The van der Waals surface area contributed by atoms with Crippen molar-refractivity contribution in [2.45, 2.75) is 38.8 Å². The highest BCUT2D eigenvalue weighted by atomic mass is 19.1. The van der Waals surface area contributed by atoms with Crippen molar-refractivity contribution in [1.82, 2.24) is 10.2 Å². The number of nitrogens with one attached hydrogen (secondary N) is 1. The van der Waals surface area contributed by atoms with Crippen LogP contribution in [0.1, 0.15) is 26.7 Å². The maximum Gasteiger partial charge on any atom is 0.460 e. The van der Waals surface area contributed by atoms with Crippen LogP contribution in [0.3, 0.4) is 0 Å². The summed E-state index contributed by atoms with van der Waals surface area (Å²) in [5.41, 5.74) is 0. The number of ether oxygens (including phenoxy) is 1. The molecule has 1 N–H and O–H groups in total. The first-order valence-corrected chi connectivity index (χ1v) is 6.65. The molecule has 0 aromatic heterocycles. The van der Waals surface area contributed by atoms with Crippen LogP contribution in [0.4, 0.5) is 4.39 Å². The SMILES string of the molecule is CC1CC(CN2C(=C(F)[N+](=O)[O-])NCCC2C)CO1. The number of rotatable bonds is 3. The molecule has 108 valence electrons. The van der Waals surface area contributed by atoms with Crippen molar-refractivity contribution in [3.05, 3.63) is 21.9 Å². The molecule has 3 atom stereocenters. The summed E-state index contributed by atoms with van der Waals surface area (Å²) in [6.45, 7) is 5.76. The zero-order chi connectivity index (χ0) is 14.0. The average Bonchev–Trinajstić information content (AvgIpc) is 2.76. The topological polar surface area (TPSA) is 67.6 Å². The van der Waals surface area contributed by atoms with Crippen molar-refractivity contribution in [3.63, 3.8) is 0 Å². The first kappa shape index (κ1) is 14.0. The molecule has 0 aromatic carbocycles. The molecule has 2 aliphatic heterocycles. The lowest BCUT2D eigenvalue weighted by atomic mass is 10.0. The van der Waals surface area contributed by atoms with Crippen LogP contribution in [0.25, 0.3) is 0 Å². The lowest BCUT2D eigenvalue weighted by Crippen LogP contribution is -2.48. The number of nitrogens with zero attached hydrogens (tertiary/aromatic N) is 2. The first-order valence-electron chi connectivity index (χ1n) is 6.65. The Morgan fingerprint density at radius 1 is 1.63 bits per heavy atom. The van der Waals surface area contributed by atoms with Gasteiger partial charge < -0.3 is 15.0 Å². The zero-order valence-electron chi connectivity index (χ0n) is 11.3. The van der Waals surface area contributed by atoms with E-state index in [1.165, 1.54) is 0 Å². The minimum absolute atomic E-state index is 0.0169. The predicted molar refractivity (Wildman–Crippen MR) is 67.4 cm³/mol. The van der Waals surface area contributed by atoms with Crippen molar-refractivity contribution in [2.24, 2.45) is 5.92 Å². The van der Waals surface area contributed by atoms with Gasteiger partial charge in [0.1, 0.15) is 0 Å². The molecule has 6 nitrogen and oxygen atoms in total. The maximum absolute atomic E-state index is 13.6. The lowest BCUT2D eigenvalue weighted by Gasteiger charge is -2.37. The summed E-state index contributed by atoms with van der Waals surface area (Å²) in [4.78, 5) is 11.4. The van der Waals surface area contributed by atoms with Gasteiger partial charge >= 0.3 is 5.95 Å². The van der Waals surface area contributed by atoms with Crippen LogP contribution >= 0.6 is 0 Å². The minimum atomic E-state index is -1.29. The van der Waals surface area contributed by atoms with Crippen LogP contribution in [0.15, 0.2) is 11.8 Å². The Kier molecular flexibility index (Phi) is 4.24. The van der Waals surface area contributed by atoms with E-state index in [-0.39, 0.29) is 18.0 Å². The third kappa shape index (κ3) is 3.15. The number of halogens is 1. The van der Waals surface area contributed by atoms with Gasteiger partial charge in [-0.1, -0.05) is 0 Å². The molecule has 0 bridgehead atoms. The van der Waals surface area contributed by atoms with E-state index >= 15 is 0 Å². The van der Waals surface area contributed by atoms with Gasteiger partial charge in [0.15, 0.2) is 0 Å². The van der Waals surface area contributed by atoms with Gasteiger partial charge in [-0.2, -0.15) is 0 Å². The second-order valence-corrected chi connectivity index (χ2v) is 5.36. The first-order chi connectivity index (χ1) is 8.99. The molecule has 2 fully saturated rings. The van der Waals surface area contributed by atoms with E-state index in [9.17, 15) is 14.5 Å². The lowest BCUT2D eigenvalue weighted by molar-refractivity contribution is -0.450. The largest absolute Gasteiger partial charge is 0.460 e. The number of hydrogen-bond acceptors (Lipinski definition) is 5.